The summed E-state index contributed by atoms with van der Waals surface area (Å²) in [5.74, 6) is 0.319. The Morgan fingerprint density at radius 1 is 1.27 bits per heavy atom. The van der Waals surface area contributed by atoms with Crippen LogP contribution in [0.4, 0.5) is 15.0 Å². The lowest BCUT2D eigenvalue weighted by Crippen LogP contribution is -2.22. The van der Waals surface area contributed by atoms with Gasteiger partial charge in [-0.1, -0.05) is 66.3 Å². The average Bonchev–Trinajstić information content (AvgIpc) is 2.97. The number of hydrogen-bond acceptors (Lipinski definition) is 3. The molecule has 0 bridgehead atoms. The predicted octanol–water partition coefficient (Wildman–Crippen LogP) is 5.35. The van der Waals surface area contributed by atoms with E-state index in [9.17, 15) is 9.18 Å². The van der Waals surface area contributed by atoms with Crippen LogP contribution in [-0.4, -0.2) is 32.9 Å². The number of hydrogen-bond donors (Lipinski definition) is 1. The van der Waals surface area contributed by atoms with E-state index in [-0.39, 0.29) is 0 Å². The summed E-state index contributed by atoms with van der Waals surface area (Å²) in [6.45, 7) is 4.39. The smallest absolute Gasteiger partial charge is 0.412 e. The van der Waals surface area contributed by atoms with Crippen LogP contribution in [0.3, 0.4) is 0 Å². The van der Waals surface area contributed by atoms with Crippen LogP contribution in [0.5, 0.6) is 0 Å². The lowest BCUT2D eigenvalue weighted by Gasteiger charge is -2.16. The Balaban J connectivity index is 2.33. The molecule has 0 atom stereocenters. The summed E-state index contributed by atoms with van der Waals surface area (Å²) in [6.07, 6.45) is -0.811. The molecule has 0 radical (unpaired) electrons. The second kappa shape index (κ2) is 8.03. The first-order valence-corrected chi connectivity index (χ1v) is 8.89. The lowest BCUT2D eigenvalue weighted by molar-refractivity contribution is 0.163. The van der Waals surface area contributed by atoms with E-state index in [2.05, 4.69) is 10.4 Å². The van der Waals surface area contributed by atoms with E-state index in [1.54, 1.807) is 19.9 Å². The third kappa shape index (κ3) is 5.50. The monoisotopic (exact) mass is 421 g/mol. The Hall–Kier alpha value is -1.50. The van der Waals surface area contributed by atoms with Crippen LogP contribution in [-0.2, 0) is 10.2 Å². The zero-order valence-corrected chi connectivity index (χ0v) is 16.8. The molecule has 0 saturated heterocycles. The van der Waals surface area contributed by atoms with Crippen molar-refractivity contribution in [2.45, 2.75) is 30.0 Å². The average molecular weight is 423 g/mol. The van der Waals surface area contributed by atoms with E-state index in [1.807, 2.05) is 31.2 Å². The molecule has 0 unspecified atom stereocenters. The van der Waals surface area contributed by atoms with Gasteiger partial charge in [0, 0.05) is 11.5 Å². The van der Waals surface area contributed by atoms with E-state index < -0.39 is 28.6 Å². The maximum absolute atomic E-state index is 13.4. The molecule has 1 heterocycles. The fraction of sp³-hybridized carbons (Fsp3) is 0.412. The largest absolute Gasteiger partial charge is 0.445 e. The van der Waals surface area contributed by atoms with Gasteiger partial charge in [0.25, 0.3) is 0 Å². The minimum Gasteiger partial charge on any atom is -0.445 e. The number of carbonyl (C=O) groups is 1. The van der Waals surface area contributed by atoms with Gasteiger partial charge in [0.15, 0.2) is 0 Å². The van der Waals surface area contributed by atoms with Crippen LogP contribution in [0.25, 0.3) is 5.69 Å². The van der Waals surface area contributed by atoms with Gasteiger partial charge < -0.3 is 4.74 Å². The molecule has 2 aromatic rings. The first-order valence-electron chi connectivity index (χ1n) is 7.76. The SMILES string of the molecule is Cc1ccc(-n2nc(C(C)(C)CF)cc2NC(=O)OCC(Cl)(Cl)Cl)cc1. The van der Waals surface area contributed by atoms with Crippen molar-refractivity contribution in [1.82, 2.24) is 9.78 Å². The van der Waals surface area contributed by atoms with Crippen molar-refractivity contribution >= 4 is 46.7 Å². The number of benzene rings is 1. The van der Waals surface area contributed by atoms with E-state index in [1.165, 1.54) is 4.68 Å². The number of rotatable bonds is 5. The van der Waals surface area contributed by atoms with Crippen molar-refractivity contribution in [2.24, 2.45) is 0 Å². The summed E-state index contributed by atoms with van der Waals surface area (Å²) in [4.78, 5) is 12.0. The number of nitrogens with one attached hydrogen (secondary N) is 1. The van der Waals surface area contributed by atoms with Crippen molar-refractivity contribution in [3.8, 4) is 5.69 Å². The molecule has 0 saturated carbocycles. The van der Waals surface area contributed by atoms with E-state index in [4.69, 9.17) is 39.5 Å². The van der Waals surface area contributed by atoms with Crippen LogP contribution in [0.2, 0.25) is 0 Å². The van der Waals surface area contributed by atoms with E-state index >= 15 is 0 Å². The number of nitrogens with zero attached hydrogens (tertiary/aromatic N) is 2. The van der Waals surface area contributed by atoms with Crippen LogP contribution in [0.15, 0.2) is 30.3 Å². The van der Waals surface area contributed by atoms with Gasteiger partial charge in [-0.05, 0) is 19.1 Å². The number of halogens is 4. The molecule has 5 nitrogen and oxygen atoms in total. The Bertz CT molecular complexity index is 771. The number of aryl methyl sites for hydroxylation is 1. The fourth-order valence-corrected chi connectivity index (χ4v) is 2.20. The number of carbonyl (C=O) groups excluding carboxylic acids is 1. The molecule has 0 aliphatic heterocycles. The summed E-state index contributed by atoms with van der Waals surface area (Å²) in [5, 5.41) is 7.00. The molecular weight excluding hydrogens is 404 g/mol. The number of amides is 1. The summed E-state index contributed by atoms with van der Waals surface area (Å²) >= 11 is 16.7. The van der Waals surface area contributed by atoms with Gasteiger partial charge in [0.1, 0.15) is 19.1 Å². The molecular formula is C17H19Cl3FN3O2. The molecule has 1 aromatic heterocycles. The number of anilines is 1. The summed E-state index contributed by atoms with van der Waals surface area (Å²) in [7, 11) is 0. The molecule has 1 amide bonds. The molecule has 0 fully saturated rings. The minimum absolute atomic E-state index is 0.319. The summed E-state index contributed by atoms with van der Waals surface area (Å²) in [5.41, 5.74) is 1.45. The van der Waals surface area contributed by atoms with Gasteiger partial charge in [0.2, 0.25) is 3.79 Å². The highest BCUT2D eigenvalue weighted by Gasteiger charge is 2.27. The van der Waals surface area contributed by atoms with Gasteiger partial charge in [-0.25, -0.2) is 9.48 Å². The lowest BCUT2D eigenvalue weighted by atomic mass is 9.91. The Labute approximate surface area is 166 Å². The molecule has 142 valence electrons. The van der Waals surface area contributed by atoms with Gasteiger partial charge in [-0.2, -0.15) is 5.10 Å². The number of alkyl halides is 4. The molecule has 1 aromatic carbocycles. The molecule has 0 spiro atoms. The summed E-state index contributed by atoms with van der Waals surface area (Å²) in [6, 6.07) is 9.08. The third-order valence-electron chi connectivity index (χ3n) is 3.61. The van der Waals surface area contributed by atoms with Crippen LogP contribution in [0.1, 0.15) is 25.1 Å². The Morgan fingerprint density at radius 2 is 1.88 bits per heavy atom. The van der Waals surface area contributed by atoms with Gasteiger partial charge in [0.05, 0.1) is 11.4 Å². The second-order valence-corrected chi connectivity index (χ2v) is 9.01. The highest BCUT2D eigenvalue weighted by atomic mass is 35.6. The zero-order chi connectivity index (χ0) is 19.5. The van der Waals surface area contributed by atoms with Gasteiger partial charge >= 0.3 is 6.09 Å². The van der Waals surface area contributed by atoms with Crippen LogP contribution >= 0.6 is 34.8 Å². The maximum Gasteiger partial charge on any atom is 0.412 e. The molecule has 1 N–H and O–H groups in total. The normalized spacial score (nSPS) is 12.1. The molecule has 0 aliphatic carbocycles. The number of ether oxygens (including phenoxy) is 1. The third-order valence-corrected chi connectivity index (χ3v) is 3.94. The highest BCUT2D eigenvalue weighted by molar-refractivity contribution is 6.67. The summed E-state index contributed by atoms with van der Waals surface area (Å²) < 4.78 is 18.0. The Kier molecular flexibility index (Phi) is 6.42. The van der Waals surface area contributed by atoms with Crippen molar-refractivity contribution in [3.05, 3.63) is 41.6 Å². The van der Waals surface area contributed by atoms with Gasteiger partial charge in [-0.15, -0.1) is 0 Å². The van der Waals surface area contributed by atoms with Crippen molar-refractivity contribution in [3.63, 3.8) is 0 Å². The Morgan fingerprint density at radius 3 is 2.42 bits per heavy atom. The van der Waals surface area contributed by atoms with Crippen molar-refractivity contribution < 1.29 is 13.9 Å². The topological polar surface area (TPSA) is 56.2 Å². The maximum atomic E-state index is 13.4. The number of aromatic nitrogens is 2. The fourth-order valence-electron chi connectivity index (χ4n) is 2.04. The first-order chi connectivity index (χ1) is 12.0. The molecule has 2 rings (SSSR count). The molecule has 9 heteroatoms. The second-order valence-electron chi connectivity index (χ2n) is 6.50. The predicted molar refractivity (Wildman–Crippen MR) is 103 cm³/mol. The van der Waals surface area contributed by atoms with Gasteiger partial charge in [-0.3, -0.25) is 9.71 Å². The molecule has 26 heavy (non-hydrogen) atoms. The standard InChI is InChI=1S/C17H19Cl3FN3O2/c1-11-4-6-12(7-5-11)24-14(8-13(23-24)16(2,3)9-21)22-15(25)26-10-17(18,19)20/h4-8H,9-10H2,1-3H3,(H,22,25). The van der Waals surface area contributed by atoms with E-state index in [0.29, 0.717) is 17.2 Å². The van der Waals surface area contributed by atoms with Crippen molar-refractivity contribution in [2.75, 3.05) is 18.6 Å². The first kappa shape index (κ1) is 20.8. The quantitative estimate of drug-likeness (QED) is 0.661. The van der Waals surface area contributed by atoms with Crippen LogP contribution < -0.4 is 5.32 Å². The minimum atomic E-state index is -1.71. The zero-order valence-electron chi connectivity index (χ0n) is 14.5. The van der Waals surface area contributed by atoms with Crippen LogP contribution in [0, 0.1) is 6.92 Å². The highest BCUT2D eigenvalue weighted by Crippen LogP contribution is 2.28. The van der Waals surface area contributed by atoms with E-state index in [0.717, 1.165) is 5.56 Å². The van der Waals surface area contributed by atoms with Crippen molar-refractivity contribution in [1.29, 1.82) is 0 Å². The molecule has 0 aliphatic rings.